The maximum absolute atomic E-state index is 11.4. The van der Waals surface area contributed by atoms with Crippen LogP contribution < -0.4 is 10.5 Å². The van der Waals surface area contributed by atoms with Crippen molar-refractivity contribution in [3.8, 4) is 16.9 Å². The molecule has 0 saturated carbocycles. The second-order valence-corrected chi connectivity index (χ2v) is 5.07. The Bertz CT molecular complexity index is 730. The number of hydrogen-bond acceptors (Lipinski definition) is 5. The molecule has 0 fully saturated rings. The first-order valence-electron chi connectivity index (χ1n) is 7.62. The first kappa shape index (κ1) is 18.1. The summed E-state index contributed by atoms with van der Waals surface area (Å²) in [4.78, 5) is 22.2. The van der Waals surface area contributed by atoms with E-state index >= 15 is 0 Å². The highest BCUT2D eigenvalue weighted by atomic mass is 16.6. The summed E-state index contributed by atoms with van der Waals surface area (Å²) < 4.78 is 15.6. The molecule has 1 amide bonds. The Balaban J connectivity index is 2.10. The van der Waals surface area contributed by atoms with Crippen LogP contribution in [0.25, 0.3) is 11.1 Å². The number of carbonyl (C=O) groups excluding carboxylic acids is 2. The molecule has 2 aromatic carbocycles. The van der Waals surface area contributed by atoms with Crippen molar-refractivity contribution in [1.29, 1.82) is 0 Å². The zero-order chi connectivity index (χ0) is 18.1. The number of hydrogen-bond donors (Lipinski definition) is 1. The molecule has 2 aromatic rings. The molecule has 25 heavy (non-hydrogen) atoms. The summed E-state index contributed by atoms with van der Waals surface area (Å²) in [7, 11) is 0. The van der Waals surface area contributed by atoms with E-state index in [-0.39, 0.29) is 13.2 Å². The SMILES string of the molecule is C=CC(=O)OC(COC(N)=O)COc1ccccc1-c1ccccc1. The van der Waals surface area contributed by atoms with E-state index in [0.717, 1.165) is 17.2 Å². The molecule has 0 heterocycles. The lowest BCUT2D eigenvalue weighted by atomic mass is 10.1. The van der Waals surface area contributed by atoms with Crippen molar-refractivity contribution < 1.29 is 23.8 Å². The van der Waals surface area contributed by atoms with Crippen LogP contribution in [-0.2, 0) is 14.3 Å². The van der Waals surface area contributed by atoms with Gasteiger partial charge in [-0.25, -0.2) is 9.59 Å². The summed E-state index contributed by atoms with van der Waals surface area (Å²) in [6.07, 6.45) is -0.735. The summed E-state index contributed by atoms with van der Waals surface area (Å²) in [5, 5.41) is 0. The lowest BCUT2D eigenvalue weighted by Crippen LogP contribution is -2.31. The Kier molecular flexibility index (Phi) is 6.59. The third-order valence-corrected chi connectivity index (χ3v) is 3.26. The van der Waals surface area contributed by atoms with Crippen LogP contribution in [-0.4, -0.2) is 31.4 Å². The molecular formula is C19H19NO5. The number of ether oxygens (including phenoxy) is 3. The van der Waals surface area contributed by atoms with Gasteiger partial charge < -0.3 is 19.9 Å². The number of benzene rings is 2. The number of para-hydroxylation sites is 1. The molecule has 0 aliphatic rings. The van der Waals surface area contributed by atoms with Gasteiger partial charge in [0.25, 0.3) is 0 Å². The molecule has 0 radical (unpaired) electrons. The lowest BCUT2D eigenvalue weighted by molar-refractivity contribution is -0.146. The highest BCUT2D eigenvalue weighted by molar-refractivity contribution is 5.81. The molecule has 130 valence electrons. The van der Waals surface area contributed by atoms with Gasteiger partial charge in [0.1, 0.15) is 19.0 Å². The van der Waals surface area contributed by atoms with Crippen LogP contribution in [0.5, 0.6) is 5.75 Å². The third-order valence-electron chi connectivity index (χ3n) is 3.26. The maximum atomic E-state index is 11.4. The topological polar surface area (TPSA) is 87.9 Å². The van der Waals surface area contributed by atoms with Gasteiger partial charge in [-0.15, -0.1) is 0 Å². The van der Waals surface area contributed by atoms with Crippen LogP contribution in [0.1, 0.15) is 0 Å². The first-order valence-corrected chi connectivity index (χ1v) is 7.62. The van der Waals surface area contributed by atoms with E-state index in [4.69, 9.17) is 19.9 Å². The van der Waals surface area contributed by atoms with Gasteiger partial charge in [-0.1, -0.05) is 55.1 Å². The van der Waals surface area contributed by atoms with Gasteiger partial charge in [-0.05, 0) is 11.6 Å². The summed E-state index contributed by atoms with van der Waals surface area (Å²) in [6.45, 7) is 3.12. The number of esters is 1. The Morgan fingerprint density at radius 2 is 1.72 bits per heavy atom. The Morgan fingerprint density at radius 1 is 1.04 bits per heavy atom. The van der Waals surface area contributed by atoms with Crippen molar-refractivity contribution in [2.24, 2.45) is 5.73 Å². The number of rotatable bonds is 8. The quantitative estimate of drug-likeness (QED) is 0.589. The minimum atomic E-state index is -0.954. The van der Waals surface area contributed by atoms with Gasteiger partial charge >= 0.3 is 12.1 Å². The molecular weight excluding hydrogens is 322 g/mol. The lowest BCUT2D eigenvalue weighted by Gasteiger charge is -2.18. The number of nitrogens with two attached hydrogens (primary N) is 1. The highest BCUT2D eigenvalue weighted by Gasteiger charge is 2.17. The number of primary amides is 1. The monoisotopic (exact) mass is 341 g/mol. The summed E-state index contributed by atoms with van der Waals surface area (Å²) in [5.41, 5.74) is 6.84. The summed E-state index contributed by atoms with van der Waals surface area (Å²) in [6, 6.07) is 17.2. The van der Waals surface area contributed by atoms with Crippen molar-refractivity contribution in [1.82, 2.24) is 0 Å². The fraction of sp³-hybridized carbons (Fsp3) is 0.158. The molecule has 0 bridgehead atoms. The average Bonchev–Trinajstić information content (AvgIpc) is 2.64. The fourth-order valence-electron chi connectivity index (χ4n) is 2.14. The molecule has 6 nitrogen and oxygen atoms in total. The van der Waals surface area contributed by atoms with E-state index in [0.29, 0.717) is 5.75 Å². The van der Waals surface area contributed by atoms with E-state index in [2.05, 4.69) is 6.58 Å². The van der Waals surface area contributed by atoms with E-state index in [9.17, 15) is 9.59 Å². The summed E-state index contributed by atoms with van der Waals surface area (Å²) in [5.74, 6) is -0.0227. The van der Waals surface area contributed by atoms with Gasteiger partial charge in [-0.2, -0.15) is 0 Å². The van der Waals surface area contributed by atoms with Gasteiger partial charge in [0.15, 0.2) is 6.10 Å². The van der Waals surface area contributed by atoms with E-state index in [1.807, 2.05) is 54.6 Å². The third kappa shape index (κ3) is 5.69. The zero-order valence-corrected chi connectivity index (χ0v) is 13.6. The number of carbonyl (C=O) groups is 2. The Labute approximate surface area is 145 Å². The molecule has 0 aliphatic heterocycles. The normalized spacial score (nSPS) is 11.2. The zero-order valence-electron chi connectivity index (χ0n) is 13.6. The van der Waals surface area contributed by atoms with E-state index in [1.54, 1.807) is 0 Å². The summed E-state index contributed by atoms with van der Waals surface area (Å²) >= 11 is 0. The molecule has 0 spiro atoms. The highest BCUT2D eigenvalue weighted by Crippen LogP contribution is 2.29. The molecule has 0 aromatic heterocycles. The van der Waals surface area contributed by atoms with Crippen molar-refractivity contribution in [3.05, 3.63) is 67.3 Å². The van der Waals surface area contributed by atoms with Gasteiger partial charge in [-0.3, -0.25) is 0 Å². The molecule has 2 N–H and O–H groups in total. The van der Waals surface area contributed by atoms with Crippen LogP contribution in [0.2, 0.25) is 0 Å². The van der Waals surface area contributed by atoms with Crippen LogP contribution in [0, 0.1) is 0 Å². The van der Waals surface area contributed by atoms with Crippen LogP contribution >= 0.6 is 0 Å². The molecule has 1 unspecified atom stereocenters. The second-order valence-electron chi connectivity index (χ2n) is 5.07. The van der Waals surface area contributed by atoms with Crippen LogP contribution in [0.4, 0.5) is 4.79 Å². The standard InChI is InChI=1S/C19H19NO5/c1-2-18(21)25-15(13-24-19(20)22)12-23-17-11-7-6-10-16(17)14-8-4-3-5-9-14/h2-11,15H,1,12-13H2,(H2,20,22). The average molecular weight is 341 g/mol. The van der Waals surface area contributed by atoms with E-state index < -0.39 is 18.2 Å². The van der Waals surface area contributed by atoms with Crippen LogP contribution in [0.15, 0.2) is 67.3 Å². The van der Waals surface area contributed by atoms with Crippen molar-refractivity contribution in [2.75, 3.05) is 13.2 Å². The minimum Gasteiger partial charge on any atom is -0.489 e. The van der Waals surface area contributed by atoms with Crippen molar-refractivity contribution in [3.63, 3.8) is 0 Å². The maximum Gasteiger partial charge on any atom is 0.404 e. The van der Waals surface area contributed by atoms with E-state index in [1.165, 1.54) is 0 Å². The van der Waals surface area contributed by atoms with Gasteiger partial charge in [0.2, 0.25) is 0 Å². The largest absolute Gasteiger partial charge is 0.489 e. The molecule has 2 rings (SSSR count). The van der Waals surface area contributed by atoms with Gasteiger partial charge in [0, 0.05) is 11.6 Å². The Morgan fingerprint density at radius 3 is 2.40 bits per heavy atom. The molecule has 0 aliphatic carbocycles. The van der Waals surface area contributed by atoms with Crippen molar-refractivity contribution in [2.45, 2.75) is 6.10 Å². The first-order chi connectivity index (χ1) is 12.1. The predicted molar refractivity (Wildman–Crippen MR) is 93.0 cm³/mol. The minimum absolute atomic E-state index is 0.00327. The van der Waals surface area contributed by atoms with Gasteiger partial charge in [0.05, 0.1) is 0 Å². The second kappa shape index (κ2) is 9.12. The smallest absolute Gasteiger partial charge is 0.404 e. The Hall–Kier alpha value is -3.28. The van der Waals surface area contributed by atoms with Crippen molar-refractivity contribution >= 4 is 12.1 Å². The molecule has 0 saturated heterocycles. The number of amides is 1. The fourth-order valence-corrected chi connectivity index (χ4v) is 2.14. The predicted octanol–water partition coefficient (Wildman–Crippen LogP) is 2.93. The molecule has 1 atom stereocenters. The van der Waals surface area contributed by atoms with Crippen LogP contribution in [0.3, 0.4) is 0 Å². The molecule has 6 heteroatoms.